The van der Waals surface area contributed by atoms with Gasteiger partial charge in [0, 0.05) is 11.8 Å². The smallest absolute Gasteiger partial charge is 0.199 e. The Labute approximate surface area is 202 Å². The van der Waals surface area contributed by atoms with Crippen molar-refractivity contribution in [3.05, 3.63) is 70.8 Å². The fourth-order valence-corrected chi connectivity index (χ4v) is 7.37. The molecule has 176 valence electrons. The molecule has 2 unspecified atom stereocenters. The minimum atomic E-state index is -0.252. The van der Waals surface area contributed by atoms with Crippen LogP contribution < -0.4 is 0 Å². The zero-order valence-electron chi connectivity index (χ0n) is 19.9. The van der Waals surface area contributed by atoms with Crippen LogP contribution in [0.15, 0.2) is 58.5 Å². The highest BCUT2D eigenvalue weighted by atomic mass is 16.5. The maximum atomic E-state index is 6.45. The van der Waals surface area contributed by atoms with Crippen LogP contribution in [0.25, 0.3) is 0 Å². The first kappa shape index (κ1) is 20.7. The topological polar surface area (TPSA) is 43.2 Å². The summed E-state index contributed by atoms with van der Waals surface area (Å²) < 4.78 is 12.9. The fraction of sp³-hybridized carbons (Fsp3) is 0.533. The Balaban J connectivity index is 1.18. The SMILES string of the molecule is c1ccc2c(c1)CCC2[C@H]1COC(C2(C3=N[C@@H](C4CCc5ccccc54)CO3)CCCCC2)=N1. The molecular formula is C30H34N2O2. The summed E-state index contributed by atoms with van der Waals surface area (Å²) in [5.74, 6) is 2.80. The molecule has 4 atom stereocenters. The summed E-state index contributed by atoms with van der Waals surface area (Å²) in [5.41, 5.74) is 5.69. The number of fused-ring (bicyclic) bond motifs is 2. The van der Waals surface area contributed by atoms with Crippen molar-refractivity contribution in [2.75, 3.05) is 13.2 Å². The van der Waals surface area contributed by atoms with Crippen LogP contribution in [0, 0.1) is 5.41 Å². The zero-order valence-corrected chi connectivity index (χ0v) is 19.9. The van der Waals surface area contributed by atoms with Gasteiger partial charge in [-0.3, -0.25) is 0 Å². The van der Waals surface area contributed by atoms with Gasteiger partial charge in [-0.1, -0.05) is 67.8 Å². The Morgan fingerprint density at radius 1 is 0.647 bits per heavy atom. The molecule has 4 heteroatoms. The summed E-state index contributed by atoms with van der Waals surface area (Å²) in [6.45, 7) is 1.39. The van der Waals surface area contributed by atoms with E-state index in [0.717, 1.165) is 37.5 Å². The maximum Gasteiger partial charge on any atom is 0.199 e. The molecule has 4 nitrogen and oxygen atoms in total. The number of hydrogen-bond donors (Lipinski definition) is 0. The second-order valence-corrected chi connectivity index (χ2v) is 11.0. The zero-order chi connectivity index (χ0) is 22.5. The van der Waals surface area contributed by atoms with E-state index in [9.17, 15) is 0 Å². The van der Waals surface area contributed by atoms with Crippen LogP contribution in [0.5, 0.6) is 0 Å². The van der Waals surface area contributed by atoms with Crippen molar-refractivity contribution in [3.8, 4) is 0 Å². The third-order valence-electron chi connectivity index (χ3n) is 9.16. The van der Waals surface area contributed by atoms with Crippen molar-refractivity contribution in [1.29, 1.82) is 0 Å². The van der Waals surface area contributed by atoms with Gasteiger partial charge >= 0.3 is 0 Å². The van der Waals surface area contributed by atoms with Gasteiger partial charge in [0.05, 0.1) is 12.1 Å². The second kappa shape index (κ2) is 8.25. The fourth-order valence-electron chi connectivity index (χ4n) is 7.37. The number of nitrogens with zero attached hydrogens (tertiary/aromatic N) is 2. The molecule has 2 aromatic rings. The van der Waals surface area contributed by atoms with E-state index in [1.165, 1.54) is 54.4 Å². The lowest BCUT2D eigenvalue weighted by molar-refractivity contribution is 0.215. The first-order chi connectivity index (χ1) is 16.8. The van der Waals surface area contributed by atoms with Crippen LogP contribution in [0.3, 0.4) is 0 Å². The van der Waals surface area contributed by atoms with Gasteiger partial charge in [0.15, 0.2) is 11.8 Å². The predicted octanol–water partition coefficient (Wildman–Crippen LogP) is 5.99. The van der Waals surface area contributed by atoms with Crippen LogP contribution in [-0.4, -0.2) is 37.1 Å². The van der Waals surface area contributed by atoms with E-state index < -0.39 is 0 Å². The summed E-state index contributed by atoms with van der Waals surface area (Å²) in [7, 11) is 0. The molecule has 0 aromatic heterocycles. The van der Waals surface area contributed by atoms with Crippen molar-refractivity contribution in [1.82, 2.24) is 0 Å². The third-order valence-corrected chi connectivity index (χ3v) is 9.16. The van der Waals surface area contributed by atoms with E-state index in [2.05, 4.69) is 48.5 Å². The minimum absolute atomic E-state index is 0.219. The summed E-state index contributed by atoms with van der Waals surface area (Å²) >= 11 is 0. The predicted molar refractivity (Wildman–Crippen MR) is 135 cm³/mol. The number of aliphatic imine (C=N–C) groups is 2. The lowest BCUT2D eigenvalue weighted by Gasteiger charge is -2.35. The lowest BCUT2D eigenvalue weighted by Crippen LogP contribution is -2.41. The van der Waals surface area contributed by atoms with Gasteiger partial charge < -0.3 is 9.47 Å². The van der Waals surface area contributed by atoms with Gasteiger partial charge in [0.25, 0.3) is 0 Å². The largest absolute Gasteiger partial charge is 0.478 e. The molecule has 5 aliphatic rings. The van der Waals surface area contributed by atoms with E-state index in [1.807, 2.05) is 0 Å². The normalized spacial score (nSPS) is 31.3. The molecule has 2 heterocycles. The highest BCUT2D eigenvalue weighted by molar-refractivity contribution is 6.06. The van der Waals surface area contributed by atoms with Gasteiger partial charge in [-0.2, -0.15) is 0 Å². The molecular weight excluding hydrogens is 420 g/mol. The highest BCUT2D eigenvalue weighted by Gasteiger charge is 2.51. The maximum absolute atomic E-state index is 6.45. The molecule has 34 heavy (non-hydrogen) atoms. The first-order valence-corrected chi connectivity index (χ1v) is 13.4. The Bertz CT molecular complexity index is 1060. The number of aryl methyl sites for hydroxylation is 2. The quantitative estimate of drug-likeness (QED) is 0.569. The average Bonchev–Trinajstić information content (AvgIpc) is 3.69. The lowest BCUT2D eigenvalue weighted by atomic mass is 9.73. The average molecular weight is 455 g/mol. The molecule has 0 amide bonds. The van der Waals surface area contributed by atoms with Crippen LogP contribution in [0.2, 0.25) is 0 Å². The molecule has 3 aliphatic carbocycles. The standard InChI is InChI=1S/C30H34N2O2/c1-6-16-30(17-7-1,28-31-26(18-33-28)24-14-12-20-8-2-4-10-22(20)24)29-32-27(19-34-29)25-15-13-21-9-3-5-11-23(21)25/h2-5,8-11,24-27H,1,6-7,12-19H2/t24?,25?,26-,27-/m1/s1. The van der Waals surface area contributed by atoms with Crippen molar-refractivity contribution in [2.24, 2.45) is 15.4 Å². The minimum Gasteiger partial charge on any atom is -0.478 e. The molecule has 0 N–H and O–H groups in total. The van der Waals surface area contributed by atoms with Gasteiger partial charge in [-0.05, 0) is 60.8 Å². The summed E-state index contributed by atoms with van der Waals surface area (Å²) in [4.78, 5) is 10.6. The van der Waals surface area contributed by atoms with Crippen LogP contribution >= 0.6 is 0 Å². The van der Waals surface area contributed by atoms with Crippen molar-refractivity contribution in [3.63, 3.8) is 0 Å². The Morgan fingerprint density at radius 2 is 1.15 bits per heavy atom. The number of ether oxygens (including phenoxy) is 2. The molecule has 1 saturated carbocycles. The summed E-state index contributed by atoms with van der Waals surface area (Å²) in [5, 5.41) is 0. The van der Waals surface area contributed by atoms with Crippen molar-refractivity contribution < 1.29 is 9.47 Å². The van der Waals surface area contributed by atoms with Gasteiger partial charge in [-0.15, -0.1) is 0 Å². The monoisotopic (exact) mass is 454 g/mol. The van der Waals surface area contributed by atoms with Crippen molar-refractivity contribution in [2.45, 2.75) is 81.7 Å². The molecule has 0 saturated heterocycles. The summed E-state index contributed by atoms with van der Waals surface area (Å²) in [6.07, 6.45) is 10.4. The van der Waals surface area contributed by atoms with E-state index >= 15 is 0 Å². The van der Waals surface area contributed by atoms with E-state index in [4.69, 9.17) is 19.5 Å². The first-order valence-electron chi connectivity index (χ1n) is 13.4. The van der Waals surface area contributed by atoms with Gasteiger partial charge in [-0.25, -0.2) is 9.98 Å². The van der Waals surface area contributed by atoms with Crippen LogP contribution in [0.1, 0.15) is 79.0 Å². The molecule has 0 spiro atoms. The molecule has 2 aliphatic heterocycles. The van der Waals surface area contributed by atoms with E-state index in [1.54, 1.807) is 0 Å². The van der Waals surface area contributed by atoms with Crippen LogP contribution in [0.4, 0.5) is 0 Å². The van der Waals surface area contributed by atoms with Crippen LogP contribution in [-0.2, 0) is 22.3 Å². The van der Waals surface area contributed by atoms with Gasteiger partial charge in [0.2, 0.25) is 0 Å². The molecule has 7 rings (SSSR count). The Morgan fingerprint density at radius 3 is 1.68 bits per heavy atom. The van der Waals surface area contributed by atoms with E-state index in [0.29, 0.717) is 25.0 Å². The molecule has 0 bridgehead atoms. The van der Waals surface area contributed by atoms with Gasteiger partial charge in [0.1, 0.15) is 18.6 Å². The highest BCUT2D eigenvalue weighted by Crippen LogP contribution is 2.47. The Kier molecular flexibility index (Phi) is 5.03. The second-order valence-electron chi connectivity index (χ2n) is 11.0. The molecule has 1 fully saturated rings. The van der Waals surface area contributed by atoms with E-state index in [-0.39, 0.29) is 17.5 Å². The number of rotatable bonds is 4. The molecule has 2 aromatic carbocycles. The number of benzene rings is 2. The summed E-state index contributed by atoms with van der Waals surface area (Å²) in [6, 6.07) is 18.2. The number of hydrogen-bond acceptors (Lipinski definition) is 4. The molecule has 0 radical (unpaired) electrons. The third kappa shape index (κ3) is 3.25. The van der Waals surface area contributed by atoms with Crippen molar-refractivity contribution >= 4 is 11.8 Å². The Hall–Kier alpha value is -2.62.